The fraction of sp³-hybridized carbons (Fsp3) is 0.656. The minimum Gasteiger partial charge on any atom is -0.508 e. The van der Waals surface area contributed by atoms with Gasteiger partial charge in [-0.05, 0) is 354 Å². The molecule has 0 amide bonds. The van der Waals surface area contributed by atoms with Gasteiger partial charge in [0, 0.05) is 24.7 Å². The van der Waals surface area contributed by atoms with E-state index in [1.807, 2.05) is 214 Å². The van der Waals surface area contributed by atoms with Gasteiger partial charge in [0.1, 0.15) is 58.0 Å². The monoisotopic (exact) mass is 2070 g/mol. The maximum absolute atomic E-state index is 12.5. The summed E-state index contributed by atoms with van der Waals surface area (Å²) in [5.74, 6) is -1.10. The molecule has 6 heterocycles. The van der Waals surface area contributed by atoms with Crippen LogP contribution in [0.4, 0.5) is 0 Å². The third-order valence-corrected chi connectivity index (χ3v) is 33.7. The Kier molecular flexibility index (Phi) is 42.8. The number of fused-ring (bicyclic) bond motifs is 3. The first-order valence-electron chi connectivity index (χ1n) is 54.6. The molecule has 13 unspecified atom stereocenters. The SMILES string of the molecule is C=CC1(OC(=O)C(C)(C)CC)CCCC1.CCC(C)(C)C(=O)OC(C)(C)c1ccc2ccccc2c1.CCC(C)(C)C(=O)OC1(c2ccccc2)CCCCC1.CCC(C)(C)C(=O)OC1C2CC3C(=O)OC1C3O2.CCC(C)(C)C(=O)OC1C2CC3C1OC(=O)C3(C#N)C2.CCC(C)(C)C(=O)OC1CCOC1=O.CCC(C)(C)C(=O)Oc1ccc(O)cc1.CCC(C)c1ccc(O)cc1.CCC1(C)CC2(CCC(O)CC2)OC1=O. The molecule has 11 aliphatic rings. The van der Waals surface area contributed by atoms with Gasteiger partial charge in [0.2, 0.25) is 6.10 Å². The predicted molar refractivity (Wildman–Crippen MR) is 569 cm³/mol. The first kappa shape index (κ1) is 123. The van der Waals surface area contributed by atoms with Crippen molar-refractivity contribution >= 4 is 76.4 Å². The van der Waals surface area contributed by atoms with Crippen LogP contribution in [0.1, 0.15) is 383 Å². The van der Waals surface area contributed by atoms with Crippen LogP contribution in [0.3, 0.4) is 0 Å². The summed E-state index contributed by atoms with van der Waals surface area (Å²) in [4.78, 5) is 131. The molecule has 11 fully saturated rings. The van der Waals surface area contributed by atoms with Crippen LogP contribution in [0.15, 0.2) is 134 Å². The number of hydrogen-bond donors (Lipinski definition) is 3. The number of ether oxygens (including phenoxy) is 12. The lowest BCUT2D eigenvalue weighted by Crippen LogP contribution is -2.42. The minimum atomic E-state index is -0.974. The minimum absolute atomic E-state index is 0.0404. The maximum atomic E-state index is 12.5. The van der Waals surface area contributed by atoms with Crippen molar-refractivity contribution < 1.29 is 125 Å². The second-order valence-corrected chi connectivity index (χ2v) is 47.7. The highest BCUT2D eigenvalue weighted by atomic mass is 16.7. The number of carbonyl (C=O) groups is 11. The number of nitriles is 1. The van der Waals surface area contributed by atoms with Crippen molar-refractivity contribution in [2.75, 3.05) is 6.61 Å². The number of aliphatic hydroxyl groups is 1. The van der Waals surface area contributed by atoms with Crippen molar-refractivity contribution in [1.82, 2.24) is 0 Å². The summed E-state index contributed by atoms with van der Waals surface area (Å²) in [5, 5.41) is 39.2. The first-order valence-corrected chi connectivity index (χ1v) is 54.6. The molecular formula is C122H175NO26. The van der Waals surface area contributed by atoms with E-state index in [1.54, 1.807) is 38.1 Å². The van der Waals surface area contributed by atoms with E-state index in [4.69, 9.17) is 67.1 Å². The van der Waals surface area contributed by atoms with Crippen LogP contribution < -0.4 is 4.74 Å². The van der Waals surface area contributed by atoms with E-state index in [-0.39, 0.29) is 124 Å². The van der Waals surface area contributed by atoms with Gasteiger partial charge >= 0.3 is 65.7 Å². The molecular weight excluding hydrogens is 1900 g/mol. The van der Waals surface area contributed by atoms with Crippen molar-refractivity contribution in [3.8, 4) is 23.3 Å². The average molecular weight is 2070 g/mol. The Morgan fingerprint density at radius 2 is 0.993 bits per heavy atom. The smallest absolute Gasteiger partial charge is 0.347 e. The summed E-state index contributed by atoms with van der Waals surface area (Å²) in [6.45, 7) is 56.6. The molecule has 6 saturated heterocycles. The van der Waals surface area contributed by atoms with Gasteiger partial charge in [-0.1, -0.05) is 161 Å². The highest BCUT2D eigenvalue weighted by molar-refractivity contribution is 5.87. The van der Waals surface area contributed by atoms with E-state index in [0.29, 0.717) is 62.5 Å². The average Bonchev–Trinajstić information content (AvgIpc) is 1.53. The molecule has 1 spiro atoms. The fourth-order valence-corrected chi connectivity index (χ4v) is 19.0. The van der Waals surface area contributed by atoms with Gasteiger partial charge in [-0.15, -0.1) is 0 Å². The zero-order chi connectivity index (χ0) is 111. The van der Waals surface area contributed by atoms with E-state index in [0.717, 1.165) is 145 Å². The van der Waals surface area contributed by atoms with Crippen LogP contribution >= 0.6 is 0 Å². The Bertz CT molecular complexity index is 5390. The highest BCUT2D eigenvalue weighted by Gasteiger charge is 2.73. The molecule has 13 atom stereocenters. The van der Waals surface area contributed by atoms with Gasteiger partial charge < -0.3 is 72.2 Å². The van der Waals surface area contributed by atoms with Crippen molar-refractivity contribution in [2.24, 2.45) is 66.5 Å². The normalized spacial score (nSPS) is 25.5. The molecule has 5 aromatic rings. The lowest BCUT2D eigenvalue weighted by atomic mass is 9.73. The van der Waals surface area contributed by atoms with Gasteiger partial charge in [0.25, 0.3) is 0 Å². The summed E-state index contributed by atoms with van der Waals surface area (Å²) >= 11 is 0. The number of aliphatic hydroxyl groups excluding tert-OH is 1. The van der Waals surface area contributed by atoms with E-state index < -0.39 is 85.5 Å². The Morgan fingerprint density at radius 1 is 0.510 bits per heavy atom. The Morgan fingerprint density at radius 3 is 1.49 bits per heavy atom. The van der Waals surface area contributed by atoms with E-state index in [1.165, 1.54) is 29.5 Å². The number of carbonyl (C=O) groups excluding carboxylic acids is 11. The standard InChI is InChI=1S/C19H24O2.C18H26O2.C15H19NO4.C13H18O5.C13H22O2.C12H20O3.C12H16O3.C10H16O4.C10H14O/c1-6-18(2,3)17(20)21-19(4,5)16-12-11-14-9-7-8-10-15(14)13-16;1-4-17(2,3)16(19)20-18(13-9-6-10-14-18)15-11-7-5-8-12-15;1-4-14(2,3)12(17)19-10-8-5-9-11(10)20-13(18)15(9,6-8)7-16;1-4-13(2,3)12(15)18-9-7-5-6-8(16-7)10(9)17-11(6)14;1-5-12(3,4)11(14)15-13(6-2)9-7-8-10-13;1-3-11(2)8-12(15-10(11)14)6-4-9(13)5-7-12;1-4-12(2,3)11(14)15-10-7-5-9(13)6-8-10;1-4-10(2,3)9(12)14-7-5-6-13-8(7)11;1-3-8(2)9-4-6-10(11)7-5-9/h7-13H,6H2,1-5H3;5,7-8,11-12H,4,6,9-10,13-14H2,1-3H3;8-11H,4-6H2,1-3H3;6-10H,4-5H2,1-3H3;6H,2,5,7-10H2,1,3-4H3;9,13H,3-8H2,1-2H3;5-8,13H,4H2,1-3H3;7H,4-6H2,1-3H3;4-8,11H,3H2,1-2H3. The number of esters is 11. The molecule has 4 bridgehead atoms. The number of hydrogen-bond acceptors (Lipinski definition) is 27. The number of benzene rings is 5. The third kappa shape index (κ3) is 30.9. The van der Waals surface area contributed by atoms with Crippen LogP contribution in [0, 0.1) is 77.8 Å². The van der Waals surface area contributed by atoms with Crippen LogP contribution in [0.25, 0.3) is 10.8 Å². The lowest BCUT2D eigenvalue weighted by molar-refractivity contribution is -0.176. The molecule has 0 radical (unpaired) electrons. The van der Waals surface area contributed by atoms with Crippen molar-refractivity contribution in [1.29, 1.82) is 5.26 Å². The van der Waals surface area contributed by atoms with E-state index in [2.05, 4.69) is 62.9 Å². The second kappa shape index (κ2) is 51.6. The first-order chi connectivity index (χ1) is 69.7. The van der Waals surface area contributed by atoms with Crippen LogP contribution in [-0.4, -0.2) is 148 Å². The Labute approximate surface area is 886 Å². The number of phenols is 2. The van der Waals surface area contributed by atoms with Crippen molar-refractivity contribution in [3.05, 3.63) is 151 Å². The number of cyclic esters (lactones) is 1. The third-order valence-electron chi connectivity index (χ3n) is 33.7. The molecule has 0 aromatic heterocycles. The largest absolute Gasteiger partial charge is 0.508 e. The van der Waals surface area contributed by atoms with Crippen LogP contribution in [-0.2, 0) is 116 Å². The molecule has 3 N–H and O–H groups in total. The molecule has 27 heteroatoms. The predicted octanol–water partition coefficient (Wildman–Crippen LogP) is 25.1. The molecule has 6 aliphatic heterocycles. The number of rotatable bonds is 27. The number of aromatic hydroxyl groups is 2. The summed E-state index contributed by atoms with van der Waals surface area (Å²) < 4.78 is 65.5. The Hall–Kier alpha value is -10.7. The zero-order valence-corrected chi connectivity index (χ0v) is 94.2. The van der Waals surface area contributed by atoms with Gasteiger partial charge in [0.15, 0.2) is 17.6 Å². The topological polar surface area (TPSA) is 383 Å². The summed E-state index contributed by atoms with van der Waals surface area (Å²) in [6, 6.07) is 40.4. The molecule has 5 aromatic carbocycles. The zero-order valence-electron chi connectivity index (χ0n) is 94.2. The number of nitrogens with zero attached hydrogens (tertiary/aromatic N) is 1. The van der Waals surface area contributed by atoms with Crippen LogP contribution in [0.2, 0.25) is 0 Å². The van der Waals surface area contributed by atoms with Crippen LogP contribution in [0.5, 0.6) is 17.2 Å². The molecule has 5 aliphatic carbocycles. The Balaban J connectivity index is 0.000000205. The fourth-order valence-electron chi connectivity index (χ4n) is 19.0. The van der Waals surface area contributed by atoms with Gasteiger partial charge in [-0.2, -0.15) is 5.26 Å². The van der Waals surface area contributed by atoms with E-state index in [9.17, 15) is 63.1 Å². The van der Waals surface area contributed by atoms with Gasteiger partial charge in [-0.3, -0.25) is 47.9 Å². The molecule has 149 heavy (non-hydrogen) atoms. The van der Waals surface area contributed by atoms with E-state index >= 15 is 0 Å². The molecule has 824 valence electrons. The number of phenolic OH excluding ortho intramolecular Hbond substituents is 2. The molecule has 5 saturated carbocycles. The summed E-state index contributed by atoms with van der Waals surface area (Å²) in [7, 11) is 0. The maximum Gasteiger partial charge on any atom is 0.347 e. The highest BCUT2D eigenvalue weighted by Crippen LogP contribution is 2.63. The molecule has 16 rings (SSSR count). The second-order valence-electron chi connectivity index (χ2n) is 47.7. The van der Waals surface area contributed by atoms with Gasteiger partial charge in [0.05, 0.1) is 74.1 Å². The van der Waals surface area contributed by atoms with Crippen molar-refractivity contribution in [3.63, 3.8) is 0 Å². The summed E-state index contributed by atoms with van der Waals surface area (Å²) in [6.07, 6.45) is 22.0. The van der Waals surface area contributed by atoms with Crippen molar-refractivity contribution in [2.45, 2.75) is 437 Å². The summed E-state index contributed by atoms with van der Waals surface area (Å²) in [5.41, 5.74) is -2.72. The lowest BCUT2D eigenvalue weighted by Gasteiger charge is -2.39. The quantitative estimate of drug-likeness (QED) is 0.0190. The van der Waals surface area contributed by atoms with Gasteiger partial charge in [-0.25, -0.2) is 4.79 Å². The molecule has 27 nitrogen and oxygen atoms in total.